The zero-order valence-corrected chi connectivity index (χ0v) is 10.8. The summed E-state index contributed by atoms with van der Waals surface area (Å²) < 4.78 is 6.20. The van der Waals surface area contributed by atoms with Crippen LogP contribution in [-0.4, -0.2) is 51.6 Å². The van der Waals surface area contributed by atoms with Crippen molar-refractivity contribution in [3.05, 3.63) is 6.33 Å². The highest BCUT2D eigenvalue weighted by Crippen LogP contribution is 2.01. The number of ether oxygens (including phenoxy) is 1. The summed E-state index contributed by atoms with van der Waals surface area (Å²) in [5.74, 6) is -0.859. The van der Waals surface area contributed by atoms with Gasteiger partial charge in [-0.05, 0) is 12.8 Å². The van der Waals surface area contributed by atoms with E-state index in [1.165, 1.54) is 18.1 Å². The van der Waals surface area contributed by atoms with Crippen molar-refractivity contribution in [2.75, 3.05) is 19.0 Å². The molecule has 0 aliphatic rings. The first-order valence-corrected chi connectivity index (χ1v) is 5.68. The molecule has 0 spiro atoms. The number of amides is 2. The molecule has 1 aromatic heterocycles. The number of aliphatic carboxylic acids is 1. The van der Waals surface area contributed by atoms with E-state index >= 15 is 0 Å². The Morgan fingerprint density at radius 2 is 2.32 bits per heavy atom. The molecule has 1 atom stereocenters. The monoisotopic (exact) mass is 271 g/mol. The van der Waals surface area contributed by atoms with Crippen LogP contribution in [0.2, 0.25) is 0 Å². The van der Waals surface area contributed by atoms with E-state index in [1.807, 2.05) is 0 Å². The average Bonchev–Trinajstić information content (AvgIpc) is 2.74. The summed E-state index contributed by atoms with van der Waals surface area (Å²) in [4.78, 5) is 26.4. The molecule has 0 radical (unpaired) electrons. The van der Waals surface area contributed by atoms with Gasteiger partial charge in [0.15, 0.2) is 0 Å². The van der Waals surface area contributed by atoms with Gasteiger partial charge < -0.3 is 15.2 Å². The predicted molar refractivity (Wildman–Crippen MR) is 65.7 cm³/mol. The second-order valence-corrected chi connectivity index (χ2v) is 3.83. The Morgan fingerprint density at radius 1 is 1.58 bits per heavy atom. The fourth-order valence-electron chi connectivity index (χ4n) is 1.39. The minimum Gasteiger partial charge on any atom is -0.480 e. The van der Waals surface area contributed by atoms with E-state index in [0.29, 0.717) is 13.0 Å². The number of urea groups is 1. The molecule has 2 amide bonds. The van der Waals surface area contributed by atoms with E-state index in [2.05, 4.69) is 20.7 Å². The van der Waals surface area contributed by atoms with E-state index in [0.717, 1.165) is 0 Å². The van der Waals surface area contributed by atoms with Gasteiger partial charge in [-0.15, -0.1) is 0 Å². The molecule has 1 rings (SSSR count). The van der Waals surface area contributed by atoms with Gasteiger partial charge in [-0.1, -0.05) is 0 Å². The summed E-state index contributed by atoms with van der Waals surface area (Å²) in [7, 11) is 3.14. The molecule has 0 fully saturated rings. The Morgan fingerprint density at radius 3 is 2.84 bits per heavy atom. The third-order valence-corrected chi connectivity index (χ3v) is 2.38. The molecule has 1 aromatic rings. The summed E-state index contributed by atoms with van der Waals surface area (Å²) in [6.45, 7) is 0.441. The van der Waals surface area contributed by atoms with E-state index in [9.17, 15) is 9.59 Å². The van der Waals surface area contributed by atoms with Crippen LogP contribution in [0.25, 0.3) is 0 Å². The number of carboxylic acids is 1. The van der Waals surface area contributed by atoms with Crippen LogP contribution in [0.15, 0.2) is 6.33 Å². The molecule has 9 heteroatoms. The van der Waals surface area contributed by atoms with Crippen molar-refractivity contribution < 1.29 is 19.4 Å². The van der Waals surface area contributed by atoms with Gasteiger partial charge in [0.25, 0.3) is 0 Å². The second kappa shape index (κ2) is 7.31. The summed E-state index contributed by atoms with van der Waals surface area (Å²) in [6, 6.07) is -1.61. The highest BCUT2D eigenvalue weighted by Gasteiger charge is 2.20. The van der Waals surface area contributed by atoms with Crippen molar-refractivity contribution >= 4 is 17.9 Å². The van der Waals surface area contributed by atoms with Crippen molar-refractivity contribution in [1.82, 2.24) is 20.1 Å². The number of rotatable bonds is 7. The van der Waals surface area contributed by atoms with Gasteiger partial charge in [0.1, 0.15) is 12.4 Å². The Balaban J connectivity index is 2.47. The minimum atomic E-state index is -1.09. The molecular formula is C10H17N5O4. The molecule has 0 aliphatic heterocycles. The Hall–Kier alpha value is -2.16. The molecule has 0 bridgehead atoms. The first-order valence-electron chi connectivity index (χ1n) is 5.68. The Labute approximate surface area is 110 Å². The molecule has 0 saturated carbocycles. The zero-order chi connectivity index (χ0) is 14.3. The highest BCUT2D eigenvalue weighted by atomic mass is 16.5. The molecular weight excluding hydrogens is 254 g/mol. The molecule has 1 unspecified atom stereocenters. The zero-order valence-electron chi connectivity index (χ0n) is 10.8. The van der Waals surface area contributed by atoms with E-state index in [4.69, 9.17) is 9.84 Å². The fraction of sp³-hybridized carbons (Fsp3) is 0.600. The van der Waals surface area contributed by atoms with Crippen LogP contribution in [0, 0.1) is 0 Å². The van der Waals surface area contributed by atoms with Crippen LogP contribution in [0.4, 0.5) is 10.7 Å². The van der Waals surface area contributed by atoms with Crippen LogP contribution in [0.1, 0.15) is 12.8 Å². The molecule has 0 aliphatic carbocycles. The maximum absolute atomic E-state index is 11.6. The van der Waals surface area contributed by atoms with Gasteiger partial charge in [0, 0.05) is 20.8 Å². The number of nitrogens with zero attached hydrogens (tertiary/aromatic N) is 3. The van der Waals surface area contributed by atoms with Crippen molar-refractivity contribution in [2.24, 2.45) is 7.05 Å². The van der Waals surface area contributed by atoms with E-state index < -0.39 is 18.0 Å². The number of carbonyl (C=O) groups excluding carboxylic acids is 1. The average molecular weight is 271 g/mol. The van der Waals surface area contributed by atoms with Gasteiger partial charge in [0.2, 0.25) is 5.95 Å². The van der Waals surface area contributed by atoms with Gasteiger partial charge in [-0.2, -0.15) is 10.1 Å². The molecule has 0 saturated heterocycles. The number of methoxy groups -OCH3 is 1. The van der Waals surface area contributed by atoms with Crippen LogP contribution in [-0.2, 0) is 16.6 Å². The number of hydrogen-bond donors (Lipinski definition) is 3. The fourth-order valence-corrected chi connectivity index (χ4v) is 1.39. The molecule has 9 nitrogen and oxygen atoms in total. The van der Waals surface area contributed by atoms with Gasteiger partial charge in [-0.25, -0.2) is 14.3 Å². The number of hydrogen-bond acceptors (Lipinski definition) is 5. The standard InChI is InChI=1S/C10H17N5O4/c1-15-9(11-6-12-15)14-10(18)13-7(8(16)17)4-3-5-19-2/h6-7H,3-5H2,1-2H3,(H,16,17)(H2,11,12,13,14,18). The lowest BCUT2D eigenvalue weighted by Crippen LogP contribution is -2.43. The van der Waals surface area contributed by atoms with Crippen molar-refractivity contribution in [1.29, 1.82) is 0 Å². The smallest absolute Gasteiger partial charge is 0.326 e. The van der Waals surface area contributed by atoms with Crippen LogP contribution in [0.5, 0.6) is 0 Å². The van der Waals surface area contributed by atoms with E-state index in [1.54, 1.807) is 7.05 Å². The predicted octanol–water partition coefficient (Wildman–Crippen LogP) is -0.184. The Bertz CT molecular complexity index is 433. The quantitative estimate of drug-likeness (QED) is 0.592. The summed E-state index contributed by atoms with van der Waals surface area (Å²) in [5.41, 5.74) is 0. The number of carbonyl (C=O) groups is 2. The number of aromatic nitrogens is 3. The lowest BCUT2D eigenvalue weighted by Gasteiger charge is -2.14. The van der Waals surface area contributed by atoms with Crippen LogP contribution >= 0.6 is 0 Å². The first-order chi connectivity index (χ1) is 9.04. The second-order valence-electron chi connectivity index (χ2n) is 3.83. The largest absolute Gasteiger partial charge is 0.480 e. The molecule has 0 aromatic carbocycles. The Kier molecular flexibility index (Phi) is 5.73. The van der Waals surface area contributed by atoms with Gasteiger partial charge in [0.05, 0.1) is 0 Å². The lowest BCUT2D eigenvalue weighted by molar-refractivity contribution is -0.139. The highest BCUT2D eigenvalue weighted by molar-refractivity contribution is 5.90. The number of anilines is 1. The lowest BCUT2D eigenvalue weighted by atomic mass is 10.1. The minimum absolute atomic E-state index is 0.235. The summed E-state index contributed by atoms with van der Waals surface area (Å²) >= 11 is 0. The molecule has 19 heavy (non-hydrogen) atoms. The maximum Gasteiger partial charge on any atom is 0.326 e. The topological polar surface area (TPSA) is 118 Å². The molecule has 106 valence electrons. The summed E-state index contributed by atoms with van der Waals surface area (Å²) in [6.07, 6.45) is 2.11. The third kappa shape index (κ3) is 4.92. The van der Waals surface area contributed by atoms with Gasteiger partial charge in [-0.3, -0.25) is 5.32 Å². The third-order valence-electron chi connectivity index (χ3n) is 2.38. The van der Waals surface area contributed by atoms with Crippen LogP contribution in [0.3, 0.4) is 0 Å². The van der Waals surface area contributed by atoms with Crippen LogP contribution < -0.4 is 10.6 Å². The molecule has 1 heterocycles. The van der Waals surface area contributed by atoms with Gasteiger partial charge >= 0.3 is 12.0 Å². The van der Waals surface area contributed by atoms with Crippen molar-refractivity contribution in [3.8, 4) is 0 Å². The van der Waals surface area contributed by atoms with Crippen molar-refractivity contribution in [2.45, 2.75) is 18.9 Å². The molecule has 3 N–H and O–H groups in total. The number of carboxylic acid groups (broad SMARTS) is 1. The number of nitrogens with one attached hydrogen (secondary N) is 2. The first kappa shape index (κ1) is 14.9. The number of aryl methyl sites for hydroxylation is 1. The normalized spacial score (nSPS) is 11.9. The van der Waals surface area contributed by atoms with E-state index in [-0.39, 0.29) is 12.4 Å². The summed E-state index contributed by atoms with van der Waals surface area (Å²) in [5, 5.41) is 17.5. The maximum atomic E-state index is 11.6. The van der Waals surface area contributed by atoms with Crippen molar-refractivity contribution in [3.63, 3.8) is 0 Å². The SMILES string of the molecule is COCCCC(NC(=O)Nc1ncnn1C)C(=O)O.